The molecule has 1 aromatic rings. The molecule has 1 aromatic carbocycles. The first-order valence-electron chi connectivity index (χ1n) is 6.82. The van der Waals surface area contributed by atoms with Crippen molar-refractivity contribution in [2.45, 2.75) is 32.3 Å². The molecule has 1 unspecified atom stereocenters. The molecule has 0 aliphatic carbocycles. The number of methoxy groups -OCH3 is 1. The topological polar surface area (TPSA) is 38.5 Å². The Morgan fingerprint density at radius 2 is 2.28 bits per heavy atom. The van der Waals surface area contributed by atoms with Gasteiger partial charge in [0.15, 0.2) is 0 Å². The summed E-state index contributed by atoms with van der Waals surface area (Å²) in [5.74, 6) is 0. The summed E-state index contributed by atoms with van der Waals surface area (Å²) in [6.45, 7) is 4.95. The second-order valence-electron chi connectivity index (χ2n) is 5.10. The minimum Gasteiger partial charge on any atom is -0.380 e. The zero-order valence-electron chi connectivity index (χ0n) is 11.5. The van der Waals surface area contributed by atoms with Gasteiger partial charge in [0.25, 0.3) is 0 Å². The Kier molecular flexibility index (Phi) is 4.61. The molecule has 1 aliphatic rings. The minimum absolute atomic E-state index is 0.181. The van der Waals surface area contributed by atoms with Crippen LogP contribution in [0.25, 0.3) is 0 Å². The zero-order chi connectivity index (χ0) is 13.0. The van der Waals surface area contributed by atoms with Crippen LogP contribution in [0.1, 0.15) is 24.0 Å². The second kappa shape index (κ2) is 6.21. The fourth-order valence-corrected chi connectivity index (χ4v) is 2.67. The van der Waals surface area contributed by atoms with Gasteiger partial charge in [-0.2, -0.15) is 0 Å². The summed E-state index contributed by atoms with van der Waals surface area (Å²) >= 11 is 0. The van der Waals surface area contributed by atoms with Gasteiger partial charge in [0, 0.05) is 32.4 Å². The lowest BCUT2D eigenvalue weighted by Gasteiger charge is -2.32. The molecule has 1 heterocycles. The van der Waals surface area contributed by atoms with Gasteiger partial charge in [-0.15, -0.1) is 0 Å². The average molecular weight is 248 g/mol. The summed E-state index contributed by atoms with van der Waals surface area (Å²) in [5.41, 5.74) is 9.91. The van der Waals surface area contributed by atoms with Crippen LogP contribution in [0.3, 0.4) is 0 Å². The number of nitrogens with two attached hydrogens (primary N) is 1. The van der Waals surface area contributed by atoms with Crippen molar-refractivity contribution in [2.75, 3.05) is 31.6 Å². The molecule has 2 N–H and O–H groups in total. The monoisotopic (exact) mass is 248 g/mol. The van der Waals surface area contributed by atoms with Gasteiger partial charge >= 0.3 is 0 Å². The summed E-state index contributed by atoms with van der Waals surface area (Å²) < 4.78 is 5.35. The maximum atomic E-state index is 5.67. The fourth-order valence-electron chi connectivity index (χ4n) is 2.67. The van der Waals surface area contributed by atoms with Crippen molar-refractivity contribution in [1.82, 2.24) is 0 Å². The molecule has 100 valence electrons. The number of hydrogen-bond donors (Lipinski definition) is 1. The van der Waals surface area contributed by atoms with Crippen molar-refractivity contribution < 1.29 is 4.74 Å². The highest BCUT2D eigenvalue weighted by Gasteiger charge is 2.17. The third-order valence-electron chi connectivity index (χ3n) is 3.77. The molecule has 0 saturated carbocycles. The van der Waals surface area contributed by atoms with Crippen molar-refractivity contribution in [3.63, 3.8) is 0 Å². The predicted molar refractivity (Wildman–Crippen MR) is 76.2 cm³/mol. The lowest BCUT2D eigenvalue weighted by atomic mass is 9.99. The summed E-state index contributed by atoms with van der Waals surface area (Å²) in [7, 11) is 1.74. The largest absolute Gasteiger partial charge is 0.380 e. The van der Waals surface area contributed by atoms with Gasteiger partial charge in [0.05, 0.1) is 6.10 Å². The van der Waals surface area contributed by atoms with Crippen molar-refractivity contribution in [2.24, 2.45) is 5.73 Å². The zero-order valence-corrected chi connectivity index (χ0v) is 11.5. The van der Waals surface area contributed by atoms with Crippen molar-refractivity contribution in [1.29, 1.82) is 0 Å². The van der Waals surface area contributed by atoms with E-state index in [4.69, 9.17) is 10.5 Å². The Labute approximate surface area is 110 Å². The van der Waals surface area contributed by atoms with E-state index in [0.29, 0.717) is 6.54 Å². The third-order valence-corrected chi connectivity index (χ3v) is 3.77. The first-order valence-corrected chi connectivity index (χ1v) is 6.82. The standard InChI is InChI=1S/C15H24N2O/c1-12-5-6-15-13(10-12)4-3-8-17(15)9-7-14(11-16)18-2/h5-6,10,14H,3-4,7-9,11,16H2,1-2H3. The molecule has 2 rings (SSSR count). The molecule has 0 aromatic heterocycles. The number of ether oxygens (including phenoxy) is 1. The Morgan fingerprint density at radius 1 is 1.44 bits per heavy atom. The molecule has 1 atom stereocenters. The molecule has 0 amide bonds. The first-order chi connectivity index (χ1) is 8.74. The fraction of sp³-hybridized carbons (Fsp3) is 0.600. The van der Waals surface area contributed by atoms with Crippen molar-refractivity contribution >= 4 is 5.69 Å². The number of benzene rings is 1. The average Bonchev–Trinajstić information content (AvgIpc) is 2.39. The van der Waals surface area contributed by atoms with Gasteiger partial charge in [0.1, 0.15) is 0 Å². The molecule has 3 nitrogen and oxygen atoms in total. The van der Waals surface area contributed by atoms with Gasteiger partial charge in [-0.1, -0.05) is 17.7 Å². The highest BCUT2D eigenvalue weighted by molar-refractivity contribution is 5.56. The third kappa shape index (κ3) is 3.03. The molecule has 3 heteroatoms. The molecular weight excluding hydrogens is 224 g/mol. The number of hydrogen-bond acceptors (Lipinski definition) is 3. The van der Waals surface area contributed by atoms with E-state index in [0.717, 1.165) is 19.5 Å². The van der Waals surface area contributed by atoms with Gasteiger partial charge in [-0.3, -0.25) is 0 Å². The van der Waals surface area contributed by atoms with Crippen LogP contribution in [0, 0.1) is 6.92 Å². The SMILES string of the molecule is COC(CN)CCN1CCCc2cc(C)ccc21. The van der Waals surface area contributed by atoms with Crippen LogP contribution in [0.5, 0.6) is 0 Å². The van der Waals surface area contributed by atoms with Crippen LogP contribution in [0.2, 0.25) is 0 Å². The molecule has 0 spiro atoms. The van der Waals surface area contributed by atoms with E-state index in [1.54, 1.807) is 7.11 Å². The van der Waals surface area contributed by atoms with Crippen LogP contribution in [-0.2, 0) is 11.2 Å². The summed E-state index contributed by atoms with van der Waals surface area (Å²) in [4.78, 5) is 2.47. The second-order valence-corrected chi connectivity index (χ2v) is 5.10. The highest BCUT2D eigenvalue weighted by atomic mass is 16.5. The van der Waals surface area contributed by atoms with Crippen LogP contribution < -0.4 is 10.6 Å². The van der Waals surface area contributed by atoms with Crippen molar-refractivity contribution in [3.8, 4) is 0 Å². The van der Waals surface area contributed by atoms with Crippen LogP contribution in [-0.4, -0.2) is 32.8 Å². The van der Waals surface area contributed by atoms with Crippen LogP contribution >= 0.6 is 0 Å². The highest BCUT2D eigenvalue weighted by Crippen LogP contribution is 2.28. The Balaban J connectivity index is 2.03. The quantitative estimate of drug-likeness (QED) is 0.867. The van der Waals surface area contributed by atoms with Crippen molar-refractivity contribution in [3.05, 3.63) is 29.3 Å². The van der Waals surface area contributed by atoms with Crippen LogP contribution in [0.15, 0.2) is 18.2 Å². The minimum atomic E-state index is 0.181. The van der Waals surface area contributed by atoms with Gasteiger partial charge in [-0.25, -0.2) is 0 Å². The lowest BCUT2D eigenvalue weighted by Crippen LogP contribution is -2.34. The normalized spacial score (nSPS) is 16.5. The summed E-state index contributed by atoms with van der Waals surface area (Å²) in [6.07, 6.45) is 3.63. The predicted octanol–water partition coefficient (Wildman–Crippen LogP) is 2.11. The lowest BCUT2D eigenvalue weighted by molar-refractivity contribution is 0.104. The van der Waals surface area contributed by atoms with E-state index in [1.165, 1.54) is 29.7 Å². The first kappa shape index (κ1) is 13.4. The van der Waals surface area contributed by atoms with Gasteiger partial charge in [-0.05, 0) is 37.8 Å². The molecule has 0 bridgehead atoms. The number of fused-ring (bicyclic) bond motifs is 1. The molecular formula is C15H24N2O. The molecule has 0 saturated heterocycles. The van der Waals surface area contributed by atoms with E-state index < -0.39 is 0 Å². The number of anilines is 1. The maximum absolute atomic E-state index is 5.67. The summed E-state index contributed by atoms with van der Waals surface area (Å²) in [5, 5.41) is 0. The van der Waals surface area contributed by atoms with Gasteiger partial charge < -0.3 is 15.4 Å². The van der Waals surface area contributed by atoms with E-state index in [1.807, 2.05) is 0 Å². The van der Waals surface area contributed by atoms with E-state index >= 15 is 0 Å². The maximum Gasteiger partial charge on any atom is 0.0710 e. The van der Waals surface area contributed by atoms with E-state index in [2.05, 4.69) is 30.0 Å². The molecule has 0 radical (unpaired) electrons. The number of aryl methyl sites for hydroxylation is 2. The molecule has 1 aliphatic heterocycles. The molecule has 0 fully saturated rings. The van der Waals surface area contributed by atoms with Crippen LogP contribution in [0.4, 0.5) is 5.69 Å². The van der Waals surface area contributed by atoms with E-state index in [9.17, 15) is 0 Å². The smallest absolute Gasteiger partial charge is 0.0710 e. The summed E-state index contributed by atoms with van der Waals surface area (Å²) in [6, 6.07) is 6.78. The number of rotatable bonds is 5. The van der Waals surface area contributed by atoms with E-state index in [-0.39, 0.29) is 6.10 Å². The van der Waals surface area contributed by atoms with Gasteiger partial charge in [0.2, 0.25) is 0 Å². The Hall–Kier alpha value is -1.06. The molecule has 18 heavy (non-hydrogen) atoms. The Morgan fingerprint density at radius 3 is 3.00 bits per heavy atom. The number of nitrogens with zero attached hydrogens (tertiary/aromatic N) is 1. The Bertz CT molecular complexity index is 388.